The van der Waals surface area contributed by atoms with E-state index >= 15 is 0 Å². The van der Waals surface area contributed by atoms with E-state index in [1.807, 2.05) is 43.3 Å². The number of ether oxygens (including phenoxy) is 1. The lowest BCUT2D eigenvalue weighted by atomic mass is 10.1. The highest BCUT2D eigenvalue weighted by atomic mass is 35.5. The molecule has 6 nitrogen and oxygen atoms in total. The zero-order chi connectivity index (χ0) is 22.8. The van der Waals surface area contributed by atoms with Gasteiger partial charge in [0.1, 0.15) is 10.8 Å². The number of hydrogen-bond donors (Lipinski definition) is 1. The number of carbonyl (C=O) groups excluding carboxylic acids is 2. The second-order valence-corrected chi connectivity index (χ2v) is 9.33. The van der Waals surface area contributed by atoms with E-state index in [1.165, 1.54) is 18.7 Å². The van der Waals surface area contributed by atoms with Crippen molar-refractivity contribution in [2.45, 2.75) is 23.8 Å². The molecule has 0 atom stereocenters. The van der Waals surface area contributed by atoms with Crippen LogP contribution in [0.4, 0.5) is 0 Å². The molecule has 0 bridgehead atoms. The number of fused-ring (bicyclic) bond motifs is 1. The number of nitrogens with zero attached hydrogens (tertiary/aromatic N) is 2. The number of pyridine rings is 1. The summed E-state index contributed by atoms with van der Waals surface area (Å²) in [6, 6.07) is 15.0. The van der Waals surface area contributed by atoms with Crippen LogP contribution in [0.1, 0.15) is 19.4 Å². The third-order valence-corrected chi connectivity index (χ3v) is 6.71. The molecule has 0 radical (unpaired) electrons. The molecule has 1 N–H and O–H groups in total. The van der Waals surface area contributed by atoms with Crippen molar-refractivity contribution >= 4 is 69.1 Å². The largest absolute Gasteiger partial charge is 0.494 e. The SMILES string of the molecule is CCOc1ccc2nc(Sc3ccc(Cl)cc3)c(C=C3SC(=N)N(C(C)=O)C3=O)cc2c1. The van der Waals surface area contributed by atoms with Crippen molar-refractivity contribution in [3.8, 4) is 5.75 Å². The molecule has 0 spiro atoms. The molecule has 3 aromatic rings. The van der Waals surface area contributed by atoms with Gasteiger partial charge in [-0.1, -0.05) is 23.4 Å². The lowest BCUT2D eigenvalue weighted by molar-refractivity contribution is -0.135. The van der Waals surface area contributed by atoms with E-state index in [9.17, 15) is 9.59 Å². The molecule has 2 heterocycles. The molecule has 2 aromatic carbocycles. The van der Waals surface area contributed by atoms with Crippen LogP contribution in [0.2, 0.25) is 5.02 Å². The first-order valence-electron chi connectivity index (χ1n) is 9.70. The standard InChI is InChI=1S/C23H18ClN3O3S2/c1-3-30-17-6-9-19-14(11-17)10-15(12-20-22(29)27(13(2)28)23(25)32-20)21(26-19)31-18-7-4-16(24)5-8-18/h4-12,25H,3H2,1-2H3. The Morgan fingerprint density at radius 1 is 1.25 bits per heavy atom. The molecule has 4 rings (SSSR count). The third kappa shape index (κ3) is 4.67. The highest BCUT2D eigenvalue weighted by Gasteiger charge is 2.35. The fourth-order valence-electron chi connectivity index (χ4n) is 3.12. The molecule has 0 aliphatic carbocycles. The van der Waals surface area contributed by atoms with Gasteiger partial charge in [-0.2, -0.15) is 0 Å². The molecule has 1 aliphatic heterocycles. The topological polar surface area (TPSA) is 83.3 Å². The smallest absolute Gasteiger partial charge is 0.273 e. The van der Waals surface area contributed by atoms with E-state index in [1.54, 1.807) is 18.2 Å². The fraction of sp³-hybridized carbons (Fsp3) is 0.130. The van der Waals surface area contributed by atoms with Gasteiger partial charge in [0.15, 0.2) is 5.17 Å². The lowest BCUT2D eigenvalue weighted by Gasteiger charge is -2.10. The highest BCUT2D eigenvalue weighted by Crippen LogP contribution is 2.37. The number of amides is 2. The van der Waals surface area contributed by atoms with Crippen LogP contribution in [-0.4, -0.2) is 33.5 Å². The van der Waals surface area contributed by atoms with Crippen LogP contribution in [0.15, 0.2) is 63.4 Å². The summed E-state index contributed by atoms with van der Waals surface area (Å²) in [5.74, 6) is -0.253. The predicted molar refractivity (Wildman–Crippen MR) is 129 cm³/mol. The summed E-state index contributed by atoms with van der Waals surface area (Å²) in [5.41, 5.74) is 1.50. The Bertz CT molecular complexity index is 1280. The van der Waals surface area contributed by atoms with Gasteiger partial charge in [0.25, 0.3) is 5.91 Å². The van der Waals surface area contributed by atoms with Gasteiger partial charge in [-0.05, 0) is 73.3 Å². The lowest BCUT2D eigenvalue weighted by Crippen LogP contribution is -2.32. The number of thioether (sulfide) groups is 1. The van der Waals surface area contributed by atoms with Gasteiger partial charge >= 0.3 is 0 Å². The summed E-state index contributed by atoms with van der Waals surface area (Å²) < 4.78 is 5.60. The second-order valence-electron chi connectivity index (χ2n) is 6.80. The number of aromatic nitrogens is 1. The molecule has 0 unspecified atom stereocenters. The Morgan fingerprint density at radius 2 is 2.00 bits per heavy atom. The van der Waals surface area contributed by atoms with Gasteiger partial charge in [0, 0.05) is 27.8 Å². The second kappa shape index (κ2) is 9.36. The van der Waals surface area contributed by atoms with E-state index < -0.39 is 11.8 Å². The van der Waals surface area contributed by atoms with Gasteiger partial charge < -0.3 is 4.74 Å². The maximum Gasteiger partial charge on any atom is 0.273 e. The average Bonchev–Trinajstić information content (AvgIpc) is 3.03. The molecule has 162 valence electrons. The van der Waals surface area contributed by atoms with Crippen molar-refractivity contribution in [1.82, 2.24) is 9.88 Å². The molecule has 1 fully saturated rings. The first kappa shape index (κ1) is 22.4. The fourth-order valence-corrected chi connectivity index (χ4v) is 5.00. The predicted octanol–water partition coefficient (Wildman–Crippen LogP) is 5.84. The van der Waals surface area contributed by atoms with Gasteiger partial charge in [-0.15, -0.1) is 0 Å². The Balaban J connectivity index is 1.81. The van der Waals surface area contributed by atoms with Crippen LogP contribution >= 0.6 is 35.1 Å². The molecule has 32 heavy (non-hydrogen) atoms. The molecule has 2 amide bonds. The van der Waals surface area contributed by atoms with Crippen LogP contribution < -0.4 is 4.74 Å². The number of imide groups is 1. The number of hydrogen-bond acceptors (Lipinski definition) is 7. The van der Waals surface area contributed by atoms with Gasteiger partial charge in [0.2, 0.25) is 5.91 Å². The van der Waals surface area contributed by atoms with E-state index in [2.05, 4.69) is 0 Å². The molecular weight excluding hydrogens is 466 g/mol. The van der Waals surface area contributed by atoms with Crippen molar-refractivity contribution < 1.29 is 14.3 Å². The van der Waals surface area contributed by atoms with E-state index in [0.29, 0.717) is 27.1 Å². The van der Waals surface area contributed by atoms with E-state index in [0.717, 1.165) is 38.2 Å². The van der Waals surface area contributed by atoms with E-state index in [4.69, 9.17) is 26.7 Å². The molecule has 1 saturated heterocycles. The van der Waals surface area contributed by atoms with Crippen LogP contribution in [0, 0.1) is 5.41 Å². The molecular formula is C23H18ClN3O3S2. The quantitative estimate of drug-likeness (QED) is 0.459. The van der Waals surface area contributed by atoms with Gasteiger partial charge in [-0.25, -0.2) is 9.88 Å². The minimum Gasteiger partial charge on any atom is -0.494 e. The Labute approximate surface area is 198 Å². The minimum atomic E-state index is -0.502. The molecule has 1 aliphatic rings. The number of nitrogens with one attached hydrogen (secondary N) is 1. The number of benzene rings is 2. The van der Waals surface area contributed by atoms with Gasteiger partial charge in [-0.3, -0.25) is 15.0 Å². The first-order chi connectivity index (χ1) is 15.4. The monoisotopic (exact) mass is 483 g/mol. The minimum absolute atomic E-state index is 0.104. The highest BCUT2D eigenvalue weighted by molar-refractivity contribution is 8.18. The van der Waals surface area contributed by atoms with Crippen LogP contribution in [0.3, 0.4) is 0 Å². The number of amidine groups is 1. The van der Waals surface area contributed by atoms with Crippen LogP contribution in [0.5, 0.6) is 5.75 Å². The summed E-state index contributed by atoms with van der Waals surface area (Å²) in [4.78, 5) is 31.4. The van der Waals surface area contributed by atoms with Crippen molar-refractivity contribution in [3.63, 3.8) is 0 Å². The average molecular weight is 484 g/mol. The summed E-state index contributed by atoms with van der Waals surface area (Å²) >= 11 is 8.41. The zero-order valence-corrected chi connectivity index (χ0v) is 19.6. The Hall–Kier alpha value is -2.81. The summed E-state index contributed by atoms with van der Waals surface area (Å²) in [6.45, 7) is 3.74. The van der Waals surface area contributed by atoms with Crippen molar-refractivity contribution in [3.05, 3.63) is 64.0 Å². The third-order valence-electron chi connectivity index (χ3n) is 4.54. The van der Waals surface area contributed by atoms with Crippen molar-refractivity contribution in [2.75, 3.05) is 6.61 Å². The number of carbonyl (C=O) groups is 2. The molecule has 9 heteroatoms. The van der Waals surface area contributed by atoms with Crippen LogP contribution in [0.25, 0.3) is 17.0 Å². The number of halogens is 1. The Kier molecular flexibility index (Phi) is 6.55. The van der Waals surface area contributed by atoms with Crippen LogP contribution in [-0.2, 0) is 9.59 Å². The molecule has 1 aromatic heterocycles. The zero-order valence-electron chi connectivity index (χ0n) is 17.2. The first-order valence-corrected chi connectivity index (χ1v) is 11.7. The summed E-state index contributed by atoms with van der Waals surface area (Å²) in [5, 5.41) is 10.1. The van der Waals surface area contributed by atoms with Crippen molar-refractivity contribution in [1.29, 1.82) is 5.41 Å². The maximum absolute atomic E-state index is 12.7. The summed E-state index contributed by atoms with van der Waals surface area (Å²) in [7, 11) is 0. The Morgan fingerprint density at radius 3 is 2.66 bits per heavy atom. The maximum atomic E-state index is 12.7. The molecule has 0 saturated carbocycles. The normalized spacial score (nSPS) is 15.1. The van der Waals surface area contributed by atoms with E-state index in [-0.39, 0.29) is 5.17 Å². The van der Waals surface area contributed by atoms with Crippen molar-refractivity contribution in [2.24, 2.45) is 0 Å². The summed E-state index contributed by atoms with van der Waals surface area (Å²) in [6.07, 6.45) is 1.68. The van der Waals surface area contributed by atoms with Gasteiger partial charge in [0.05, 0.1) is 17.0 Å². The number of rotatable bonds is 5.